The van der Waals surface area contributed by atoms with E-state index in [9.17, 15) is 9.18 Å². The van der Waals surface area contributed by atoms with Crippen molar-refractivity contribution < 1.29 is 13.9 Å². The first-order valence-corrected chi connectivity index (χ1v) is 9.00. The van der Waals surface area contributed by atoms with Crippen LogP contribution in [-0.4, -0.2) is 19.1 Å². The van der Waals surface area contributed by atoms with E-state index in [2.05, 4.69) is 24.5 Å². The average Bonchev–Trinajstić information content (AvgIpc) is 2.62. The monoisotopic (exact) mass is 392 g/mol. The lowest BCUT2D eigenvalue weighted by Gasteiger charge is -2.19. The normalized spacial score (nSPS) is 12.9. The van der Waals surface area contributed by atoms with Crippen LogP contribution in [0.3, 0.4) is 0 Å². The summed E-state index contributed by atoms with van der Waals surface area (Å²) in [5.41, 5.74) is 4.23. The van der Waals surface area contributed by atoms with Gasteiger partial charge in [-0.25, -0.2) is 4.39 Å². The van der Waals surface area contributed by atoms with E-state index in [4.69, 9.17) is 4.74 Å². The third-order valence-electron chi connectivity index (χ3n) is 4.71. The molecule has 0 aromatic heterocycles. The van der Waals surface area contributed by atoms with Crippen LogP contribution < -0.4 is 15.4 Å². The molecule has 2 aromatic carbocycles. The summed E-state index contributed by atoms with van der Waals surface area (Å²) < 4.78 is 20.1. The number of carbonyl (C=O) groups excluding carboxylic acids is 1. The molecule has 3 rings (SSSR count). The summed E-state index contributed by atoms with van der Waals surface area (Å²) in [6, 6.07) is 9.28. The first kappa shape index (κ1) is 21.2. The second-order valence-electron chi connectivity index (χ2n) is 7.00. The van der Waals surface area contributed by atoms with Crippen LogP contribution in [0.25, 0.3) is 0 Å². The molecule has 2 aromatic rings. The van der Waals surface area contributed by atoms with Gasteiger partial charge >= 0.3 is 0 Å². The van der Waals surface area contributed by atoms with Crippen molar-refractivity contribution in [2.75, 3.05) is 18.5 Å². The minimum atomic E-state index is -0.372. The zero-order valence-electron chi connectivity index (χ0n) is 15.9. The molecule has 6 heteroatoms. The number of amides is 1. The molecule has 0 fully saturated rings. The highest BCUT2D eigenvalue weighted by Gasteiger charge is 2.17. The summed E-state index contributed by atoms with van der Waals surface area (Å²) in [5.74, 6) is 0.367. The van der Waals surface area contributed by atoms with Crippen molar-refractivity contribution in [1.82, 2.24) is 5.32 Å². The summed E-state index contributed by atoms with van der Waals surface area (Å²) in [5, 5.41) is 5.82. The fourth-order valence-corrected chi connectivity index (χ4v) is 3.35. The van der Waals surface area contributed by atoms with Crippen LogP contribution in [0.15, 0.2) is 30.3 Å². The highest BCUT2D eigenvalue weighted by molar-refractivity contribution is 5.92. The van der Waals surface area contributed by atoms with Gasteiger partial charge in [-0.05, 0) is 66.3 Å². The van der Waals surface area contributed by atoms with Gasteiger partial charge in [0.2, 0.25) is 0 Å². The summed E-state index contributed by atoms with van der Waals surface area (Å²) >= 11 is 0. The quantitative estimate of drug-likeness (QED) is 0.795. The maximum Gasteiger partial charge on any atom is 0.262 e. The fourth-order valence-electron chi connectivity index (χ4n) is 3.35. The first-order chi connectivity index (χ1) is 12.5. The third kappa shape index (κ3) is 4.99. The second-order valence-corrected chi connectivity index (χ2v) is 7.00. The van der Waals surface area contributed by atoms with Crippen molar-refractivity contribution in [3.63, 3.8) is 0 Å². The number of aryl methyl sites for hydroxylation is 1. The van der Waals surface area contributed by atoms with Gasteiger partial charge in [-0.2, -0.15) is 0 Å². The molecule has 1 aliphatic rings. The Bertz CT molecular complexity index is 824. The van der Waals surface area contributed by atoms with Crippen molar-refractivity contribution in [3.05, 3.63) is 58.4 Å². The minimum Gasteiger partial charge on any atom is -0.484 e. The number of anilines is 1. The molecule has 1 aliphatic heterocycles. The zero-order valence-corrected chi connectivity index (χ0v) is 16.7. The highest BCUT2D eigenvalue weighted by Crippen LogP contribution is 2.25. The average molecular weight is 393 g/mol. The van der Waals surface area contributed by atoms with Gasteiger partial charge in [-0.1, -0.05) is 26.0 Å². The van der Waals surface area contributed by atoms with Crippen molar-refractivity contribution >= 4 is 24.0 Å². The lowest BCUT2D eigenvalue weighted by Crippen LogP contribution is -2.26. The van der Waals surface area contributed by atoms with Gasteiger partial charge in [0.15, 0.2) is 6.61 Å². The van der Waals surface area contributed by atoms with Crippen molar-refractivity contribution in [2.45, 2.75) is 39.7 Å². The summed E-state index contributed by atoms with van der Waals surface area (Å²) in [6.45, 7) is 7.56. The van der Waals surface area contributed by atoms with Crippen LogP contribution in [0.1, 0.15) is 42.0 Å². The Morgan fingerprint density at radius 1 is 1.30 bits per heavy atom. The van der Waals surface area contributed by atoms with Gasteiger partial charge in [-0.15, -0.1) is 12.4 Å². The molecule has 0 unspecified atom stereocenters. The van der Waals surface area contributed by atoms with E-state index in [1.165, 1.54) is 5.56 Å². The van der Waals surface area contributed by atoms with E-state index >= 15 is 0 Å². The van der Waals surface area contributed by atoms with E-state index in [0.717, 1.165) is 17.7 Å². The number of benzene rings is 2. The Morgan fingerprint density at radius 3 is 2.78 bits per heavy atom. The fraction of sp³-hybridized carbons (Fsp3) is 0.381. The van der Waals surface area contributed by atoms with Crippen LogP contribution in [0.4, 0.5) is 10.1 Å². The van der Waals surface area contributed by atoms with Gasteiger partial charge in [0.05, 0.1) is 5.69 Å². The molecule has 0 atom stereocenters. The number of hydrogen-bond acceptors (Lipinski definition) is 3. The number of nitrogens with one attached hydrogen (secondary N) is 2. The molecule has 0 radical (unpaired) electrons. The topological polar surface area (TPSA) is 50.4 Å². The molecular weight excluding hydrogens is 367 g/mol. The van der Waals surface area contributed by atoms with Gasteiger partial charge in [0.25, 0.3) is 5.91 Å². The maximum absolute atomic E-state index is 14.6. The van der Waals surface area contributed by atoms with E-state index in [0.29, 0.717) is 30.2 Å². The van der Waals surface area contributed by atoms with Crippen molar-refractivity contribution in [3.8, 4) is 5.75 Å². The van der Waals surface area contributed by atoms with Crippen LogP contribution in [0, 0.1) is 12.7 Å². The SMILES string of the molecule is Cc1cc(OCC(=O)Nc2ccc3c(c2F)CCNC3)ccc1C(C)C.Cl. The molecule has 27 heavy (non-hydrogen) atoms. The molecule has 146 valence electrons. The molecule has 0 saturated heterocycles. The Morgan fingerprint density at radius 2 is 2.07 bits per heavy atom. The molecule has 0 bridgehead atoms. The second kappa shape index (κ2) is 9.20. The number of ether oxygens (including phenoxy) is 1. The number of rotatable bonds is 5. The number of halogens is 2. The zero-order chi connectivity index (χ0) is 18.7. The number of hydrogen-bond donors (Lipinski definition) is 2. The first-order valence-electron chi connectivity index (χ1n) is 9.00. The molecule has 2 N–H and O–H groups in total. The van der Waals surface area contributed by atoms with Gasteiger partial charge in [-0.3, -0.25) is 4.79 Å². The Balaban J connectivity index is 0.00000261. The Labute approximate surface area is 165 Å². The summed E-state index contributed by atoms with van der Waals surface area (Å²) in [4.78, 5) is 12.2. The largest absolute Gasteiger partial charge is 0.484 e. The number of carbonyl (C=O) groups is 1. The lowest BCUT2D eigenvalue weighted by molar-refractivity contribution is -0.118. The third-order valence-corrected chi connectivity index (χ3v) is 4.71. The molecule has 4 nitrogen and oxygen atoms in total. The molecule has 1 heterocycles. The molecule has 0 aliphatic carbocycles. The Hall–Kier alpha value is -2.11. The standard InChI is InChI=1S/C21H25FN2O2.ClH/c1-13(2)17-6-5-16(10-14(17)3)26-12-20(25)24-19-7-4-15-11-23-9-8-18(15)21(19)22;/h4-7,10,13,23H,8-9,11-12H2,1-3H3,(H,24,25);1H. The number of fused-ring (bicyclic) bond motifs is 1. The molecule has 1 amide bonds. The van der Waals surface area contributed by atoms with Gasteiger partial charge in [0, 0.05) is 6.54 Å². The highest BCUT2D eigenvalue weighted by atomic mass is 35.5. The minimum absolute atomic E-state index is 0. The van der Waals surface area contributed by atoms with E-state index in [-0.39, 0.29) is 36.4 Å². The lowest BCUT2D eigenvalue weighted by atomic mass is 9.98. The van der Waals surface area contributed by atoms with Crippen LogP contribution in [-0.2, 0) is 17.8 Å². The van der Waals surface area contributed by atoms with E-state index < -0.39 is 0 Å². The van der Waals surface area contributed by atoms with Crippen molar-refractivity contribution in [1.29, 1.82) is 0 Å². The Kier molecular flexibility index (Phi) is 7.22. The van der Waals surface area contributed by atoms with E-state index in [1.54, 1.807) is 6.07 Å². The van der Waals surface area contributed by atoms with Gasteiger partial charge < -0.3 is 15.4 Å². The van der Waals surface area contributed by atoms with Crippen LogP contribution in [0.5, 0.6) is 5.75 Å². The molecular formula is C21H26ClFN2O2. The molecule has 0 saturated carbocycles. The maximum atomic E-state index is 14.6. The predicted molar refractivity (Wildman–Crippen MR) is 108 cm³/mol. The van der Waals surface area contributed by atoms with Crippen LogP contribution >= 0.6 is 12.4 Å². The summed E-state index contributed by atoms with van der Waals surface area (Å²) in [6.07, 6.45) is 0.628. The van der Waals surface area contributed by atoms with Crippen LogP contribution in [0.2, 0.25) is 0 Å². The van der Waals surface area contributed by atoms with Crippen molar-refractivity contribution in [2.24, 2.45) is 0 Å². The summed E-state index contributed by atoms with van der Waals surface area (Å²) in [7, 11) is 0. The smallest absolute Gasteiger partial charge is 0.262 e. The van der Waals surface area contributed by atoms with Gasteiger partial charge in [0.1, 0.15) is 11.6 Å². The molecule has 0 spiro atoms. The predicted octanol–water partition coefficient (Wildman–Crippen LogP) is 4.34. The van der Waals surface area contributed by atoms with E-state index in [1.807, 2.05) is 31.2 Å².